The molecule has 2 fully saturated rings. The highest BCUT2D eigenvalue weighted by atomic mass is 16.5. The molecular formula is C25H34N4O4. The van der Waals surface area contributed by atoms with E-state index >= 15 is 0 Å². The van der Waals surface area contributed by atoms with Gasteiger partial charge in [0.1, 0.15) is 5.75 Å². The molecule has 0 spiro atoms. The van der Waals surface area contributed by atoms with Gasteiger partial charge in [-0.15, -0.1) is 0 Å². The van der Waals surface area contributed by atoms with Crippen LogP contribution in [0.1, 0.15) is 23.0 Å². The predicted molar refractivity (Wildman–Crippen MR) is 125 cm³/mol. The Labute approximate surface area is 195 Å². The molecule has 3 heterocycles. The molecule has 0 bridgehead atoms. The molecule has 0 N–H and O–H groups in total. The summed E-state index contributed by atoms with van der Waals surface area (Å²) in [5.74, 6) is 1.29. The SMILES string of the molecule is COc1ccc(CCN2CCN(C(C)C(=O)N3CCN(C(=O)c4ccco4)CC3)CC2)cc1. The summed E-state index contributed by atoms with van der Waals surface area (Å²) < 4.78 is 10.4. The van der Waals surface area contributed by atoms with Crippen LogP contribution in [0.2, 0.25) is 0 Å². The normalized spacial score (nSPS) is 18.8. The number of nitrogens with zero attached hydrogens (tertiary/aromatic N) is 4. The van der Waals surface area contributed by atoms with E-state index in [0.717, 1.165) is 44.9 Å². The Morgan fingerprint density at radius 1 is 0.939 bits per heavy atom. The molecule has 1 unspecified atom stereocenters. The number of furan rings is 1. The van der Waals surface area contributed by atoms with Crippen LogP contribution in [0.25, 0.3) is 0 Å². The molecule has 2 amide bonds. The van der Waals surface area contributed by atoms with Gasteiger partial charge in [-0.25, -0.2) is 0 Å². The van der Waals surface area contributed by atoms with Crippen molar-refractivity contribution in [2.75, 3.05) is 66.0 Å². The minimum Gasteiger partial charge on any atom is -0.497 e. The quantitative estimate of drug-likeness (QED) is 0.636. The van der Waals surface area contributed by atoms with Crippen molar-refractivity contribution >= 4 is 11.8 Å². The van der Waals surface area contributed by atoms with E-state index in [-0.39, 0.29) is 17.9 Å². The lowest BCUT2D eigenvalue weighted by Gasteiger charge is -2.41. The number of benzene rings is 1. The molecule has 33 heavy (non-hydrogen) atoms. The first kappa shape index (κ1) is 23.3. The summed E-state index contributed by atoms with van der Waals surface area (Å²) in [4.78, 5) is 33.9. The van der Waals surface area contributed by atoms with Crippen molar-refractivity contribution in [3.8, 4) is 5.75 Å². The van der Waals surface area contributed by atoms with Gasteiger partial charge < -0.3 is 23.9 Å². The largest absolute Gasteiger partial charge is 0.497 e. The molecule has 8 nitrogen and oxygen atoms in total. The molecule has 0 saturated carbocycles. The maximum absolute atomic E-state index is 13.1. The van der Waals surface area contributed by atoms with Gasteiger partial charge in [-0.1, -0.05) is 12.1 Å². The Morgan fingerprint density at radius 3 is 2.21 bits per heavy atom. The van der Waals surface area contributed by atoms with E-state index in [2.05, 4.69) is 21.9 Å². The van der Waals surface area contributed by atoms with Crippen LogP contribution in [0.3, 0.4) is 0 Å². The number of piperazine rings is 2. The fourth-order valence-corrected chi connectivity index (χ4v) is 4.56. The average molecular weight is 455 g/mol. The Morgan fingerprint density at radius 2 is 1.61 bits per heavy atom. The lowest BCUT2D eigenvalue weighted by atomic mass is 10.1. The molecule has 4 rings (SSSR count). The summed E-state index contributed by atoms with van der Waals surface area (Å²) in [6.45, 7) is 8.98. The zero-order chi connectivity index (χ0) is 23.2. The van der Waals surface area contributed by atoms with Crippen molar-refractivity contribution in [1.29, 1.82) is 0 Å². The lowest BCUT2D eigenvalue weighted by molar-refractivity contribution is -0.138. The molecule has 2 aliphatic heterocycles. The second-order valence-electron chi connectivity index (χ2n) is 8.75. The first-order valence-corrected chi connectivity index (χ1v) is 11.8. The third-order valence-electron chi connectivity index (χ3n) is 6.80. The van der Waals surface area contributed by atoms with E-state index in [9.17, 15) is 9.59 Å². The van der Waals surface area contributed by atoms with Crippen LogP contribution in [0.5, 0.6) is 5.75 Å². The molecular weight excluding hydrogens is 420 g/mol. The molecule has 1 aromatic carbocycles. The van der Waals surface area contributed by atoms with Gasteiger partial charge in [0.15, 0.2) is 5.76 Å². The standard InChI is InChI=1S/C25H34N4O4/c1-20(24(30)28-15-17-29(18-16-28)25(31)23-4-3-19-33-23)27-13-11-26(12-14-27)10-9-21-5-7-22(32-2)8-6-21/h3-8,19-20H,9-18H2,1-2H3. The Hall–Kier alpha value is -2.84. The van der Waals surface area contributed by atoms with Gasteiger partial charge in [-0.2, -0.15) is 0 Å². The number of amides is 2. The first-order valence-electron chi connectivity index (χ1n) is 11.8. The Kier molecular flexibility index (Phi) is 7.67. The van der Waals surface area contributed by atoms with E-state index in [1.165, 1.54) is 11.8 Å². The van der Waals surface area contributed by atoms with Crippen molar-refractivity contribution in [3.63, 3.8) is 0 Å². The second kappa shape index (κ2) is 10.9. The Bertz CT molecular complexity index is 899. The van der Waals surface area contributed by atoms with Crippen LogP contribution >= 0.6 is 0 Å². The highest BCUT2D eigenvalue weighted by Crippen LogP contribution is 2.15. The van der Waals surface area contributed by atoms with Crippen LogP contribution in [0.15, 0.2) is 47.1 Å². The van der Waals surface area contributed by atoms with Crippen molar-refractivity contribution < 1.29 is 18.7 Å². The third kappa shape index (κ3) is 5.75. The molecule has 2 aromatic rings. The Balaban J connectivity index is 1.19. The van der Waals surface area contributed by atoms with Crippen LogP contribution in [-0.4, -0.2) is 103 Å². The van der Waals surface area contributed by atoms with Gasteiger partial charge in [0.2, 0.25) is 5.91 Å². The number of hydrogen-bond acceptors (Lipinski definition) is 6. The zero-order valence-corrected chi connectivity index (χ0v) is 19.6. The number of carbonyl (C=O) groups excluding carboxylic acids is 2. The third-order valence-corrected chi connectivity index (χ3v) is 6.80. The smallest absolute Gasteiger partial charge is 0.289 e. The van der Waals surface area contributed by atoms with Crippen LogP contribution in [0.4, 0.5) is 0 Å². The second-order valence-corrected chi connectivity index (χ2v) is 8.75. The number of methoxy groups -OCH3 is 1. The van der Waals surface area contributed by atoms with Gasteiger partial charge in [-0.05, 0) is 43.2 Å². The van der Waals surface area contributed by atoms with Gasteiger partial charge in [0, 0.05) is 58.9 Å². The summed E-state index contributed by atoms with van der Waals surface area (Å²) >= 11 is 0. The van der Waals surface area contributed by atoms with Crippen LogP contribution < -0.4 is 4.74 Å². The fourth-order valence-electron chi connectivity index (χ4n) is 4.56. The van der Waals surface area contributed by atoms with Crippen molar-refractivity contribution in [3.05, 3.63) is 54.0 Å². The number of hydrogen-bond donors (Lipinski definition) is 0. The maximum atomic E-state index is 13.1. The molecule has 1 aromatic heterocycles. The topological polar surface area (TPSA) is 69.5 Å². The molecule has 0 radical (unpaired) electrons. The van der Waals surface area contributed by atoms with Crippen LogP contribution in [-0.2, 0) is 11.2 Å². The highest BCUT2D eigenvalue weighted by Gasteiger charge is 2.31. The van der Waals surface area contributed by atoms with E-state index in [1.54, 1.807) is 24.1 Å². The first-order chi connectivity index (χ1) is 16.0. The van der Waals surface area contributed by atoms with Crippen molar-refractivity contribution in [2.45, 2.75) is 19.4 Å². The zero-order valence-electron chi connectivity index (χ0n) is 19.6. The van der Waals surface area contributed by atoms with Gasteiger partial charge in [-0.3, -0.25) is 14.5 Å². The van der Waals surface area contributed by atoms with Crippen molar-refractivity contribution in [2.24, 2.45) is 0 Å². The fraction of sp³-hybridized carbons (Fsp3) is 0.520. The minimum absolute atomic E-state index is 0.106. The van der Waals surface area contributed by atoms with E-state index in [4.69, 9.17) is 9.15 Å². The maximum Gasteiger partial charge on any atom is 0.289 e. The van der Waals surface area contributed by atoms with Crippen molar-refractivity contribution in [1.82, 2.24) is 19.6 Å². The number of ether oxygens (including phenoxy) is 1. The monoisotopic (exact) mass is 454 g/mol. The van der Waals surface area contributed by atoms with Gasteiger partial charge >= 0.3 is 0 Å². The summed E-state index contributed by atoms with van der Waals surface area (Å²) in [5.41, 5.74) is 1.31. The summed E-state index contributed by atoms with van der Waals surface area (Å²) in [6, 6.07) is 11.5. The predicted octanol–water partition coefficient (Wildman–Crippen LogP) is 1.82. The van der Waals surface area contributed by atoms with E-state index in [0.29, 0.717) is 31.9 Å². The minimum atomic E-state index is -0.138. The lowest BCUT2D eigenvalue weighted by Crippen LogP contribution is -2.58. The molecule has 1 atom stereocenters. The summed E-state index contributed by atoms with van der Waals surface area (Å²) in [7, 11) is 1.68. The average Bonchev–Trinajstić information content (AvgIpc) is 3.42. The number of rotatable bonds is 7. The molecule has 0 aliphatic carbocycles. The molecule has 8 heteroatoms. The molecule has 2 saturated heterocycles. The van der Waals surface area contributed by atoms with Crippen LogP contribution in [0, 0.1) is 0 Å². The molecule has 2 aliphatic rings. The highest BCUT2D eigenvalue weighted by molar-refractivity contribution is 5.91. The van der Waals surface area contributed by atoms with E-state index < -0.39 is 0 Å². The molecule has 178 valence electrons. The number of carbonyl (C=O) groups is 2. The van der Waals surface area contributed by atoms with Gasteiger partial charge in [0.05, 0.1) is 19.4 Å². The summed E-state index contributed by atoms with van der Waals surface area (Å²) in [5, 5.41) is 0. The summed E-state index contributed by atoms with van der Waals surface area (Å²) in [6.07, 6.45) is 2.52. The van der Waals surface area contributed by atoms with E-state index in [1.807, 2.05) is 24.0 Å². The van der Waals surface area contributed by atoms with Gasteiger partial charge in [0.25, 0.3) is 5.91 Å².